The summed E-state index contributed by atoms with van der Waals surface area (Å²) in [5.41, 5.74) is 2.47. The smallest absolute Gasteiger partial charge is 0.226 e. The van der Waals surface area contributed by atoms with Crippen LogP contribution in [-0.2, 0) is 11.2 Å². The molecule has 1 amide bonds. The molecule has 0 unspecified atom stereocenters. The highest BCUT2D eigenvalue weighted by Crippen LogP contribution is 2.22. The largest absolute Gasteiger partial charge is 0.302 e. The van der Waals surface area contributed by atoms with E-state index in [1.54, 1.807) is 0 Å². The van der Waals surface area contributed by atoms with Crippen LogP contribution < -0.4 is 5.32 Å². The normalized spacial score (nSPS) is 10.4. The number of thiazole rings is 1. The third kappa shape index (κ3) is 5.62. The zero-order valence-electron chi connectivity index (χ0n) is 13.8. The minimum atomic E-state index is -0.0718. The first kappa shape index (κ1) is 18.4. The number of aryl methyl sites for hydroxylation is 2. The first-order chi connectivity index (χ1) is 11.6. The molecule has 0 saturated heterocycles. The van der Waals surface area contributed by atoms with Gasteiger partial charge in [0, 0.05) is 23.2 Å². The van der Waals surface area contributed by atoms with Crippen molar-refractivity contribution in [2.24, 2.45) is 0 Å². The van der Waals surface area contributed by atoms with Crippen molar-refractivity contribution in [3.05, 3.63) is 34.5 Å². The van der Waals surface area contributed by atoms with Gasteiger partial charge in [-0.1, -0.05) is 13.3 Å². The van der Waals surface area contributed by atoms with Crippen LogP contribution in [0.4, 0.5) is 5.13 Å². The molecule has 0 fully saturated rings. The van der Waals surface area contributed by atoms with Crippen molar-refractivity contribution in [2.75, 3.05) is 11.1 Å². The molecule has 126 valence electrons. The number of rotatable bonds is 8. The number of hydrogen-bond donors (Lipinski definition) is 1. The Morgan fingerprint density at radius 1 is 1.42 bits per heavy atom. The molecule has 7 heteroatoms. The summed E-state index contributed by atoms with van der Waals surface area (Å²) in [5, 5.41) is 15.2. The second kappa shape index (κ2) is 9.40. The van der Waals surface area contributed by atoms with E-state index in [-0.39, 0.29) is 5.91 Å². The van der Waals surface area contributed by atoms with Gasteiger partial charge in [0.05, 0.1) is 11.3 Å². The summed E-state index contributed by atoms with van der Waals surface area (Å²) >= 11 is 2.87. The van der Waals surface area contributed by atoms with Gasteiger partial charge in [0.2, 0.25) is 5.91 Å². The zero-order chi connectivity index (χ0) is 17.4. The molecular weight excluding hydrogens is 340 g/mol. The topological polar surface area (TPSA) is 78.7 Å². The molecule has 0 aliphatic rings. The second-order valence-electron chi connectivity index (χ2n) is 5.31. The van der Waals surface area contributed by atoms with E-state index in [1.807, 2.05) is 24.4 Å². The van der Waals surface area contributed by atoms with Gasteiger partial charge < -0.3 is 5.32 Å². The molecule has 0 bridgehead atoms. The van der Waals surface area contributed by atoms with Gasteiger partial charge in [-0.15, -0.1) is 23.1 Å². The maximum Gasteiger partial charge on any atom is 0.226 e. The molecule has 2 aromatic heterocycles. The van der Waals surface area contributed by atoms with E-state index in [4.69, 9.17) is 0 Å². The highest BCUT2D eigenvalue weighted by molar-refractivity contribution is 7.99. The van der Waals surface area contributed by atoms with Gasteiger partial charge in [-0.3, -0.25) is 4.79 Å². The first-order valence-corrected chi connectivity index (χ1v) is 9.73. The molecule has 0 aliphatic carbocycles. The van der Waals surface area contributed by atoms with Gasteiger partial charge >= 0.3 is 0 Å². The maximum atomic E-state index is 11.9. The molecule has 5 nitrogen and oxygen atoms in total. The van der Waals surface area contributed by atoms with Gasteiger partial charge in [-0.25, -0.2) is 9.97 Å². The van der Waals surface area contributed by atoms with E-state index in [0.29, 0.717) is 27.9 Å². The standard InChI is InChI=1S/C17H20N4OS2/c1-3-4-5-14-7-6-13(10-18)16(20-14)23-9-8-15(22)21-17-19-12(2)11-24-17/h6-7,11H,3-5,8-9H2,1-2H3,(H,19,21,22). The predicted octanol–water partition coefficient (Wildman–Crippen LogP) is 4.18. The molecule has 0 aliphatic heterocycles. The number of unbranched alkanes of at least 4 members (excludes halogenated alkanes) is 1. The van der Waals surface area contributed by atoms with E-state index in [1.165, 1.54) is 23.1 Å². The Kier molecular flexibility index (Phi) is 7.22. The number of thioether (sulfide) groups is 1. The molecular formula is C17H20N4OS2. The van der Waals surface area contributed by atoms with Crippen molar-refractivity contribution in [3.63, 3.8) is 0 Å². The van der Waals surface area contributed by atoms with Crippen LogP contribution in [0, 0.1) is 18.3 Å². The molecule has 2 heterocycles. The van der Waals surface area contributed by atoms with Crippen LogP contribution in [0.3, 0.4) is 0 Å². The Hall–Kier alpha value is -1.91. The second-order valence-corrected chi connectivity index (χ2v) is 7.25. The lowest BCUT2D eigenvalue weighted by molar-refractivity contribution is -0.115. The highest BCUT2D eigenvalue weighted by atomic mass is 32.2. The van der Waals surface area contributed by atoms with Crippen molar-refractivity contribution in [2.45, 2.75) is 44.6 Å². The third-order valence-corrected chi connectivity index (χ3v) is 5.13. The Balaban J connectivity index is 1.88. The van der Waals surface area contributed by atoms with Crippen LogP contribution in [0.15, 0.2) is 22.5 Å². The van der Waals surface area contributed by atoms with Gasteiger partial charge in [-0.05, 0) is 31.9 Å². The van der Waals surface area contributed by atoms with Crippen molar-refractivity contribution >= 4 is 34.1 Å². The molecule has 2 rings (SSSR count). The summed E-state index contributed by atoms with van der Waals surface area (Å²) in [6.45, 7) is 4.03. The maximum absolute atomic E-state index is 11.9. The van der Waals surface area contributed by atoms with Gasteiger partial charge in [0.1, 0.15) is 11.1 Å². The molecule has 0 atom stereocenters. The minimum Gasteiger partial charge on any atom is -0.302 e. The van der Waals surface area contributed by atoms with Crippen molar-refractivity contribution in [1.82, 2.24) is 9.97 Å². The van der Waals surface area contributed by atoms with Crippen molar-refractivity contribution in [1.29, 1.82) is 5.26 Å². The highest BCUT2D eigenvalue weighted by Gasteiger charge is 2.09. The molecule has 24 heavy (non-hydrogen) atoms. The summed E-state index contributed by atoms with van der Waals surface area (Å²) in [4.78, 5) is 20.7. The van der Waals surface area contributed by atoms with E-state index < -0.39 is 0 Å². The molecule has 0 spiro atoms. The summed E-state index contributed by atoms with van der Waals surface area (Å²) < 4.78 is 0. The van der Waals surface area contributed by atoms with E-state index in [2.05, 4.69) is 28.3 Å². The first-order valence-electron chi connectivity index (χ1n) is 7.87. The number of pyridine rings is 1. The molecule has 0 radical (unpaired) electrons. The monoisotopic (exact) mass is 360 g/mol. The Morgan fingerprint density at radius 3 is 2.92 bits per heavy atom. The Labute approximate surface area is 150 Å². The lowest BCUT2D eigenvalue weighted by Crippen LogP contribution is -2.12. The van der Waals surface area contributed by atoms with Gasteiger partial charge in [0.25, 0.3) is 0 Å². The average molecular weight is 361 g/mol. The minimum absolute atomic E-state index is 0.0718. The average Bonchev–Trinajstić information content (AvgIpc) is 2.98. The number of nitrogens with zero attached hydrogens (tertiary/aromatic N) is 3. The molecule has 0 saturated carbocycles. The van der Waals surface area contributed by atoms with Crippen LogP contribution in [0.1, 0.15) is 43.1 Å². The fourth-order valence-electron chi connectivity index (χ4n) is 2.00. The van der Waals surface area contributed by atoms with Gasteiger partial charge in [0.15, 0.2) is 5.13 Å². The zero-order valence-corrected chi connectivity index (χ0v) is 15.5. The number of carbonyl (C=O) groups excluding carboxylic acids is 1. The summed E-state index contributed by atoms with van der Waals surface area (Å²) in [5.74, 6) is 0.507. The number of aromatic nitrogens is 2. The van der Waals surface area contributed by atoms with Crippen LogP contribution in [0.2, 0.25) is 0 Å². The molecule has 1 N–H and O–H groups in total. The lowest BCUT2D eigenvalue weighted by Gasteiger charge is -2.06. The quantitative estimate of drug-likeness (QED) is 0.714. The Morgan fingerprint density at radius 2 is 2.25 bits per heavy atom. The van der Waals surface area contributed by atoms with Crippen LogP contribution >= 0.6 is 23.1 Å². The summed E-state index contributed by atoms with van der Waals surface area (Å²) in [7, 11) is 0. The van der Waals surface area contributed by atoms with Gasteiger partial charge in [-0.2, -0.15) is 5.26 Å². The number of amides is 1. The Bertz CT molecular complexity index is 736. The number of carbonyl (C=O) groups is 1. The fraction of sp³-hybridized carbons (Fsp3) is 0.412. The van der Waals surface area contributed by atoms with Crippen molar-refractivity contribution in [3.8, 4) is 6.07 Å². The number of anilines is 1. The van der Waals surface area contributed by atoms with E-state index in [0.717, 1.165) is 30.7 Å². The molecule has 0 aromatic carbocycles. The number of nitriles is 1. The fourth-order valence-corrected chi connectivity index (χ4v) is 3.64. The lowest BCUT2D eigenvalue weighted by atomic mass is 10.2. The number of nitrogens with one attached hydrogen (secondary N) is 1. The molecule has 2 aromatic rings. The van der Waals surface area contributed by atoms with Crippen LogP contribution in [-0.4, -0.2) is 21.6 Å². The number of hydrogen-bond acceptors (Lipinski definition) is 6. The summed E-state index contributed by atoms with van der Waals surface area (Å²) in [6.07, 6.45) is 3.47. The third-order valence-electron chi connectivity index (χ3n) is 3.26. The summed E-state index contributed by atoms with van der Waals surface area (Å²) in [6, 6.07) is 5.90. The van der Waals surface area contributed by atoms with Crippen LogP contribution in [0.25, 0.3) is 0 Å². The van der Waals surface area contributed by atoms with E-state index in [9.17, 15) is 10.1 Å². The predicted molar refractivity (Wildman–Crippen MR) is 98.4 cm³/mol. The van der Waals surface area contributed by atoms with Crippen LogP contribution in [0.5, 0.6) is 0 Å². The van der Waals surface area contributed by atoms with Crippen molar-refractivity contribution < 1.29 is 4.79 Å². The van der Waals surface area contributed by atoms with E-state index >= 15 is 0 Å². The SMILES string of the molecule is CCCCc1ccc(C#N)c(SCCC(=O)Nc2nc(C)cs2)n1.